The van der Waals surface area contributed by atoms with Crippen molar-refractivity contribution in [3.05, 3.63) is 0 Å². The number of hydrogen-bond acceptors (Lipinski definition) is 2. The van der Waals surface area contributed by atoms with Gasteiger partial charge in [0.05, 0.1) is 13.2 Å². The van der Waals surface area contributed by atoms with Gasteiger partial charge in [-0.1, -0.05) is 80.1 Å². The number of unbranched alkanes of at least 4 members (excludes halogenated alkanes) is 2. The molecule has 0 radical (unpaired) electrons. The van der Waals surface area contributed by atoms with Gasteiger partial charge in [-0.05, 0) is 24.7 Å². The number of hydrogen-bond donors (Lipinski definition) is 0. The van der Waals surface area contributed by atoms with Gasteiger partial charge in [0.25, 0.3) is 0 Å². The Kier molecular flexibility index (Phi) is 14.5. The van der Waals surface area contributed by atoms with Crippen LogP contribution in [0.15, 0.2) is 0 Å². The molecule has 0 aliphatic carbocycles. The van der Waals surface area contributed by atoms with Crippen LogP contribution in [0.5, 0.6) is 0 Å². The van der Waals surface area contributed by atoms with Gasteiger partial charge in [0.1, 0.15) is 0 Å². The summed E-state index contributed by atoms with van der Waals surface area (Å²) in [6.45, 7) is 15.2. The Hall–Kier alpha value is -0.0800. The van der Waals surface area contributed by atoms with Gasteiger partial charge in [-0.3, -0.25) is 0 Å². The van der Waals surface area contributed by atoms with E-state index < -0.39 is 0 Å². The molecule has 0 aromatic carbocycles. The van der Waals surface area contributed by atoms with Crippen LogP contribution >= 0.6 is 0 Å². The zero-order chi connectivity index (χ0) is 16.8. The Morgan fingerprint density at radius 2 is 1.09 bits per heavy atom. The molecule has 2 nitrogen and oxygen atoms in total. The molecule has 0 unspecified atom stereocenters. The van der Waals surface area contributed by atoms with E-state index in [0.29, 0.717) is 17.8 Å². The van der Waals surface area contributed by atoms with E-state index >= 15 is 0 Å². The summed E-state index contributed by atoms with van der Waals surface area (Å²) in [7, 11) is 0. The molecule has 0 rings (SSSR count). The van der Waals surface area contributed by atoms with Crippen LogP contribution in [0.3, 0.4) is 0 Å². The second-order valence-corrected chi connectivity index (χ2v) is 7.11. The molecule has 0 N–H and O–H groups in total. The van der Waals surface area contributed by atoms with Crippen LogP contribution < -0.4 is 0 Å². The summed E-state index contributed by atoms with van der Waals surface area (Å²) in [5.74, 6) is 1.80. The van der Waals surface area contributed by atoms with Crippen LogP contribution in [0.1, 0.15) is 92.9 Å². The van der Waals surface area contributed by atoms with Crippen molar-refractivity contribution in [3.8, 4) is 0 Å². The third-order valence-electron chi connectivity index (χ3n) is 4.62. The normalized spacial score (nSPS) is 14.7. The highest BCUT2D eigenvalue weighted by Gasteiger charge is 2.18. The molecule has 0 aromatic heterocycles. The molecule has 0 saturated carbocycles. The molecule has 0 amide bonds. The first kappa shape index (κ1) is 21.9. The monoisotopic (exact) mass is 314 g/mol. The Balaban J connectivity index is 4.18. The van der Waals surface area contributed by atoms with Crippen LogP contribution in [0.2, 0.25) is 0 Å². The van der Waals surface area contributed by atoms with E-state index in [0.717, 1.165) is 13.2 Å². The lowest BCUT2D eigenvalue weighted by molar-refractivity contribution is -0.180. The van der Waals surface area contributed by atoms with Crippen molar-refractivity contribution in [3.63, 3.8) is 0 Å². The minimum atomic E-state index is -0.0358. The molecule has 0 spiro atoms. The molecule has 2 heteroatoms. The lowest BCUT2D eigenvalue weighted by Gasteiger charge is -2.26. The van der Waals surface area contributed by atoms with E-state index in [1.807, 2.05) is 0 Å². The van der Waals surface area contributed by atoms with E-state index in [1.165, 1.54) is 51.4 Å². The topological polar surface area (TPSA) is 18.5 Å². The van der Waals surface area contributed by atoms with E-state index in [9.17, 15) is 0 Å². The Morgan fingerprint density at radius 1 is 0.682 bits per heavy atom. The average molecular weight is 315 g/mol. The van der Waals surface area contributed by atoms with E-state index in [4.69, 9.17) is 9.47 Å². The summed E-state index contributed by atoms with van der Waals surface area (Å²) in [6, 6.07) is 0. The molecule has 22 heavy (non-hydrogen) atoms. The fraction of sp³-hybridized carbons (Fsp3) is 1.00. The van der Waals surface area contributed by atoms with Crippen molar-refractivity contribution >= 4 is 0 Å². The lowest BCUT2D eigenvalue weighted by atomic mass is 10.00. The van der Waals surface area contributed by atoms with Crippen molar-refractivity contribution in [1.82, 2.24) is 0 Å². The maximum Gasteiger partial charge on any atom is 0.159 e. The standard InChI is InChI=1S/C20H42O2/c1-7-11-13-18(9-3)15-21-20(17(5)6)22-16-19(10-4)14-12-8-2/h17-20H,7-16H2,1-6H3/t18-,19-/m0/s1. The second kappa shape index (κ2) is 14.5. The van der Waals surface area contributed by atoms with Gasteiger partial charge in [-0.2, -0.15) is 0 Å². The summed E-state index contributed by atoms with van der Waals surface area (Å²) >= 11 is 0. The third kappa shape index (κ3) is 10.6. The summed E-state index contributed by atoms with van der Waals surface area (Å²) in [4.78, 5) is 0. The Bertz CT molecular complexity index is 208. The number of ether oxygens (including phenoxy) is 2. The minimum Gasteiger partial charge on any atom is -0.352 e. The molecule has 0 bridgehead atoms. The number of rotatable bonds is 15. The van der Waals surface area contributed by atoms with E-state index in [1.54, 1.807) is 0 Å². The summed E-state index contributed by atoms with van der Waals surface area (Å²) in [5.41, 5.74) is 0. The highest BCUT2D eigenvalue weighted by molar-refractivity contribution is 4.61. The SMILES string of the molecule is CCCC[C@H](CC)COC(OC[C@@H](CC)CCCC)C(C)C. The van der Waals surface area contributed by atoms with Gasteiger partial charge in [0.2, 0.25) is 0 Å². The van der Waals surface area contributed by atoms with Gasteiger partial charge in [-0.15, -0.1) is 0 Å². The molecular weight excluding hydrogens is 272 g/mol. The first-order chi connectivity index (χ1) is 10.6. The van der Waals surface area contributed by atoms with Gasteiger partial charge in [-0.25, -0.2) is 0 Å². The summed E-state index contributed by atoms with van der Waals surface area (Å²) < 4.78 is 12.3. The zero-order valence-corrected chi connectivity index (χ0v) is 16.2. The highest BCUT2D eigenvalue weighted by Crippen LogP contribution is 2.19. The van der Waals surface area contributed by atoms with Crippen LogP contribution in [0.25, 0.3) is 0 Å². The molecule has 0 aromatic rings. The van der Waals surface area contributed by atoms with Gasteiger partial charge in [0.15, 0.2) is 6.29 Å². The van der Waals surface area contributed by atoms with Crippen molar-refractivity contribution in [2.45, 2.75) is 99.2 Å². The van der Waals surface area contributed by atoms with E-state index in [2.05, 4.69) is 41.5 Å². The summed E-state index contributed by atoms with van der Waals surface area (Å²) in [6.07, 6.45) is 10.1. The van der Waals surface area contributed by atoms with Crippen LogP contribution in [-0.4, -0.2) is 19.5 Å². The molecule has 134 valence electrons. The zero-order valence-electron chi connectivity index (χ0n) is 16.2. The first-order valence-corrected chi connectivity index (χ1v) is 9.81. The van der Waals surface area contributed by atoms with Crippen LogP contribution in [-0.2, 0) is 9.47 Å². The highest BCUT2D eigenvalue weighted by atomic mass is 16.7. The molecule has 0 aliphatic rings. The minimum absolute atomic E-state index is 0.0358. The fourth-order valence-corrected chi connectivity index (χ4v) is 2.69. The third-order valence-corrected chi connectivity index (χ3v) is 4.62. The molecular formula is C20H42O2. The molecule has 0 aliphatic heterocycles. The predicted octanol–water partition coefficient (Wildman–Crippen LogP) is 6.43. The molecule has 0 heterocycles. The molecule has 2 atom stereocenters. The van der Waals surface area contributed by atoms with Crippen molar-refractivity contribution in [2.24, 2.45) is 17.8 Å². The smallest absolute Gasteiger partial charge is 0.159 e. The first-order valence-electron chi connectivity index (χ1n) is 9.81. The predicted molar refractivity (Wildman–Crippen MR) is 97.1 cm³/mol. The van der Waals surface area contributed by atoms with Crippen molar-refractivity contribution in [2.75, 3.05) is 13.2 Å². The Labute approximate surface area is 140 Å². The largest absolute Gasteiger partial charge is 0.352 e. The fourth-order valence-electron chi connectivity index (χ4n) is 2.69. The second-order valence-electron chi connectivity index (χ2n) is 7.11. The van der Waals surface area contributed by atoms with Crippen LogP contribution in [0, 0.1) is 17.8 Å². The maximum atomic E-state index is 6.13. The molecule has 0 saturated heterocycles. The quantitative estimate of drug-likeness (QED) is 0.324. The van der Waals surface area contributed by atoms with Gasteiger partial charge >= 0.3 is 0 Å². The summed E-state index contributed by atoms with van der Waals surface area (Å²) in [5, 5.41) is 0. The van der Waals surface area contributed by atoms with Crippen molar-refractivity contribution in [1.29, 1.82) is 0 Å². The maximum absolute atomic E-state index is 6.13. The molecule has 0 fully saturated rings. The van der Waals surface area contributed by atoms with Crippen LogP contribution in [0.4, 0.5) is 0 Å². The lowest BCUT2D eigenvalue weighted by Crippen LogP contribution is -2.28. The van der Waals surface area contributed by atoms with E-state index in [-0.39, 0.29) is 6.29 Å². The van der Waals surface area contributed by atoms with Gasteiger partial charge in [0, 0.05) is 5.92 Å². The van der Waals surface area contributed by atoms with Crippen molar-refractivity contribution < 1.29 is 9.47 Å². The van der Waals surface area contributed by atoms with Gasteiger partial charge < -0.3 is 9.47 Å². The average Bonchev–Trinajstić information content (AvgIpc) is 2.52. The Morgan fingerprint density at radius 3 is 1.36 bits per heavy atom.